The Bertz CT molecular complexity index is 1390. The van der Waals surface area contributed by atoms with Crippen molar-refractivity contribution in [2.75, 3.05) is 15.4 Å². The highest BCUT2D eigenvalue weighted by Crippen LogP contribution is 2.26. The van der Waals surface area contributed by atoms with Crippen LogP contribution in [0.4, 0.5) is 21.2 Å². The maximum atomic E-state index is 12.9. The molecule has 8 nitrogen and oxygen atoms in total. The summed E-state index contributed by atoms with van der Waals surface area (Å²) in [4.78, 5) is 24.3. The molecule has 11 heteroatoms. The Balaban J connectivity index is 1.60. The van der Waals surface area contributed by atoms with Gasteiger partial charge in [0.05, 0.1) is 32.2 Å². The van der Waals surface area contributed by atoms with Crippen LogP contribution in [-0.4, -0.2) is 18.4 Å². The van der Waals surface area contributed by atoms with Crippen molar-refractivity contribution in [2.45, 2.75) is 4.90 Å². The van der Waals surface area contributed by atoms with Gasteiger partial charge in [0, 0.05) is 7.05 Å². The summed E-state index contributed by atoms with van der Waals surface area (Å²) >= 11 is 2.38. The third-order valence-electron chi connectivity index (χ3n) is 4.23. The summed E-state index contributed by atoms with van der Waals surface area (Å²) in [5, 5.41) is 8.15. The monoisotopic (exact) mass is 460 g/mol. The molecule has 154 valence electrons. The molecule has 2 heterocycles. The Hall–Kier alpha value is -3.15. The van der Waals surface area contributed by atoms with Crippen LogP contribution >= 0.6 is 22.9 Å². The first kappa shape index (κ1) is 20.1. The van der Waals surface area contributed by atoms with E-state index in [0.717, 1.165) is 11.5 Å². The highest BCUT2D eigenvalue weighted by atomic mass is 32.2. The average Bonchev–Trinajstić information content (AvgIpc) is 3.31. The van der Waals surface area contributed by atoms with Gasteiger partial charge in [-0.05, 0) is 59.4 Å². The number of amides is 2. The van der Waals surface area contributed by atoms with E-state index in [2.05, 4.69) is 15.4 Å². The molecule has 4 aromatic rings. The smallest absolute Gasteiger partial charge is 0.306 e. The predicted molar refractivity (Wildman–Crippen MR) is 121 cm³/mol. The molecule has 2 amide bonds. The van der Waals surface area contributed by atoms with Crippen molar-refractivity contribution in [1.82, 2.24) is 3.96 Å². The molecule has 0 spiro atoms. The van der Waals surface area contributed by atoms with Crippen LogP contribution in [0, 0.1) is 0 Å². The Morgan fingerprint density at radius 3 is 2.50 bits per heavy atom. The number of rotatable bonds is 5. The molecule has 0 aliphatic carbocycles. The number of aryl methyl sites for hydroxylation is 1. The van der Waals surface area contributed by atoms with Crippen molar-refractivity contribution in [3.05, 3.63) is 69.5 Å². The summed E-state index contributed by atoms with van der Waals surface area (Å²) < 4.78 is 29.8. The standard InChI is InChI=1S/C19H16N4O4S3/c1-23-16-9-8-12(11-13(16)18(24)29-23)30(26,27)22-15-6-3-2-5-14(15)20-19(25)21-17-7-4-10-28-17/h2-11,22H,1H3,(H2,20,21,25). The molecule has 4 rings (SSSR count). The Kier molecular flexibility index (Phi) is 5.33. The average molecular weight is 461 g/mol. The van der Waals surface area contributed by atoms with Crippen molar-refractivity contribution in [3.8, 4) is 0 Å². The Labute approximate surface area is 180 Å². The molecule has 0 saturated heterocycles. The van der Waals surface area contributed by atoms with Crippen molar-refractivity contribution in [3.63, 3.8) is 0 Å². The molecular weight excluding hydrogens is 444 g/mol. The zero-order valence-electron chi connectivity index (χ0n) is 15.6. The maximum absolute atomic E-state index is 12.9. The third kappa shape index (κ3) is 4.08. The summed E-state index contributed by atoms with van der Waals surface area (Å²) in [6, 6.07) is 13.9. The maximum Gasteiger partial charge on any atom is 0.324 e. The number of nitrogens with zero attached hydrogens (tertiary/aromatic N) is 1. The summed E-state index contributed by atoms with van der Waals surface area (Å²) in [6.07, 6.45) is 0. The molecule has 2 aromatic heterocycles. The second-order valence-electron chi connectivity index (χ2n) is 6.26. The lowest BCUT2D eigenvalue weighted by molar-refractivity contribution is 0.262. The lowest BCUT2D eigenvalue weighted by atomic mass is 10.2. The van der Waals surface area contributed by atoms with E-state index in [9.17, 15) is 18.0 Å². The first-order valence-corrected chi connectivity index (χ1v) is 11.8. The van der Waals surface area contributed by atoms with E-state index < -0.39 is 16.1 Å². The zero-order valence-corrected chi connectivity index (χ0v) is 18.0. The molecule has 30 heavy (non-hydrogen) atoms. The quantitative estimate of drug-likeness (QED) is 0.416. The van der Waals surface area contributed by atoms with E-state index in [1.54, 1.807) is 53.5 Å². The van der Waals surface area contributed by atoms with Gasteiger partial charge in [-0.2, -0.15) is 0 Å². The molecule has 0 fully saturated rings. The molecule has 0 unspecified atom stereocenters. The van der Waals surface area contributed by atoms with Crippen LogP contribution < -0.4 is 20.1 Å². The highest BCUT2D eigenvalue weighted by Gasteiger charge is 2.19. The number of anilines is 3. The summed E-state index contributed by atoms with van der Waals surface area (Å²) in [5.74, 6) is 0. The van der Waals surface area contributed by atoms with Gasteiger partial charge in [0.25, 0.3) is 14.8 Å². The number of hydrogen-bond acceptors (Lipinski definition) is 6. The van der Waals surface area contributed by atoms with Crippen LogP contribution in [0.3, 0.4) is 0 Å². The second kappa shape index (κ2) is 7.94. The largest absolute Gasteiger partial charge is 0.324 e. The van der Waals surface area contributed by atoms with Gasteiger partial charge in [-0.15, -0.1) is 11.3 Å². The van der Waals surface area contributed by atoms with E-state index >= 15 is 0 Å². The van der Waals surface area contributed by atoms with Crippen LogP contribution in [0.1, 0.15) is 0 Å². The minimum atomic E-state index is -3.98. The zero-order chi connectivity index (χ0) is 21.3. The number of carbonyl (C=O) groups excluding carboxylic acids is 1. The fourth-order valence-electron chi connectivity index (χ4n) is 2.84. The number of para-hydroxylation sites is 2. The number of thiophene rings is 1. The van der Waals surface area contributed by atoms with Gasteiger partial charge in [0.1, 0.15) is 0 Å². The van der Waals surface area contributed by atoms with Crippen molar-refractivity contribution < 1.29 is 13.2 Å². The van der Waals surface area contributed by atoms with E-state index in [1.807, 2.05) is 5.38 Å². The van der Waals surface area contributed by atoms with Crippen LogP contribution in [0.15, 0.2) is 69.7 Å². The van der Waals surface area contributed by atoms with Crippen molar-refractivity contribution in [2.24, 2.45) is 7.05 Å². The van der Waals surface area contributed by atoms with Crippen LogP contribution in [0.5, 0.6) is 0 Å². The van der Waals surface area contributed by atoms with Crippen LogP contribution in [0.2, 0.25) is 0 Å². The highest BCUT2D eigenvalue weighted by molar-refractivity contribution is 7.92. The normalized spacial score (nSPS) is 11.4. The molecule has 0 aliphatic rings. The number of aromatic nitrogens is 1. The topological polar surface area (TPSA) is 109 Å². The third-order valence-corrected chi connectivity index (χ3v) is 7.24. The number of sulfonamides is 1. The first-order valence-electron chi connectivity index (χ1n) is 8.67. The second-order valence-corrected chi connectivity index (χ2v) is 9.99. The number of benzene rings is 2. The van der Waals surface area contributed by atoms with Gasteiger partial charge < -0.3 is 5.32 Å². The van der Waals surface area contributed by atoms with Gasteiger partial charge in [-0.25, -0.2) is 13.2 Å². The first-order chi connectivity index (χ1) is 14.3. The summed E-state index contributed by atoms with van der Waals surface area (Å²) in [5.41, 5.74) is 1.16. The minimum absolute atomic E-state index is 0.0386. The molecule has 0 atom stereocenters. The molecule has 0 radical (unpaired) electrons. The fourth-order valence-corrected chi connectivity index (χ4v) is 5.33. The lowest BCUT2D eigenvalue weighted by Gasteiger charge is -2.14. The summed E-state index contributed by atoms with van der Waals surface area (Å²) in [6.45, 7) is 0. The molecule has 3 N–H and O–H groups in total. The van der Waals surface area contributed by atoms with Gasteiger partial charge in [0.2, 0.25) is 0 Å². The Morgan fingerprint density at radius 2 is 1.77 bits per heavy atom. The van der Waals surface area contributed by atoms with Crippen LogP contribution in [-0.2, 0) is 17.1 Å². The molecule has 0 aliphatic heterocycles. The lowest BCUT2D eigenvalue weighted by Crippen LogP contribution is -2.21. The molecule has 0 bridgehead atoms. The predicted octanol–water partition coefficient (Wildman–Crippen LogP) is 4.11. The summed E-state index contributed by atoms with van der Waals surface area (Å²) in [7, 11) is -2.24. The van der Waals surface area contributed by atoms with E-state index in [4.69, 9.17) is 0 Å². The SMILES string of the molecule is Cn1sc(=O)c2cc(S(=O)(=O)Nc3ccccc3NC(=O)Nc3cccs3)ccc21. The number of urea groups is 1. The van der Waals surface area contributed by atoms with Crippen molar-refractivity contribution in [1.29, 1.82) is 0 Å². The van der Waals surface area contributed by atoms with E-state index in [1.165, 1.54) is 23.5 Å². The number of fused-ring (bicyclic) bond motifs is 1. The molecule has 0 saturated carbocycles. The Morgan fingerprint density at radius 1 is 1.00 bits per heavy atom. The van der Waals surface area contributed by atoms with E-state index in [0.29, 0.717) is 21.6 Å². The number of carbonyl (C=O) groups is 1. The van der Waals surface area contributed by atoms with E-state index in [-0.39, 0.29) is 15.3 Å². The van der Waals surface area contributed by atoms with Gasteiger partial charge in [0.15, 0.2) is 0 Å². The van der Waals surface area contributed by atoms with Crippen LogP contribution in [0.25, 0.3) is 10.9 Å². The van der Waals surface area contributed by atoms with Gasteiger partial charge >= 0.3 is 6.03 Å². The molecule has 2 aromatic carbocycles. The fraction of sp³-hybridized carbons (Fsp3) is 0.0526. The van der Waals surface area contributed by atoms with Crippen molar-refractivity contribution >= 4 is 66.2 Å². The number of hydrogen-bond donors (Lipinski definition) is 3. The van der Waals surface area contributed by atoms with Gasteiger partial charge in [-0.1, -0.05) is 12.1 Å². The van der Waals surface area contributed by atoms with Gasteiger partial charge in [-0.3, -0.25) is 18.8 Å². The number of nitrogens with one attached hydrogen (secondary N) is 3. The minimum Gasteiger partial charge on any atom is -0.306 e. The molecular formula is C19H16N4O4S3.